The summed E-state index contributed by atoms with van der Waals surface area (Å²) in [6, 6.07) is 6.19. The fraction of sp³-hybridized carbons (Fsp3) is 0.188. The highest BCUT2D eigenvalue weighted by molar-refractivity contribution is 6.33. The molecule has 0 spiro atoms. The van der Waals surface area contributed by atoms with Gasteiger partial charge in [0.25, 0.3) is 5.91 Å². The minimum absolute atomic E-state index is 0.00153. The number of aryl methyl sites for hydroxylation is 1. The Morgan fingerprint density at radius 1 is 1.30 bits per heavy atom. The van der Waals surface area contributed by atoms with Gasteiger partial charge in [0.1, 0.15) is 17.0 Å². The average molecular weight is 393 g/mol. The maximum Gasteiger partial charge on any atom is 0.320 e. The summed E-state index contributed by atoms with van der Waals surface area (Å²) in [4.78, 5) is 22.8. The zero-order chi connectivity index (χ0) is 19.6. The number of hydrogen-bond donors (Lipinski definition) is 1. The predicted molar refractivity (Wildman–Crippen MR) is 95.2 cm³/mol. The Labute approximate surface area is 157 Å². The lowest BCUT2D eigenvalue weighted by Crippen LogP contribution is -2.15. The molecule has 0 radical (unpaired) electrons. The van der Waals surface area contributed by atoms with E-state index in [1.165, 1.54) is 27.8 Å². The number of anilines is 1. The summed E-state index contributed by atoms with van der Waals surface area (Å²) in [5.74, 6) is -1.21. The average Bonchev–Trinajstić information content (AvgIpc) is 3.21. The van der Waals surface area contributed by atoms with Crippen LogP contribution in [0.3, 0.4) is 0 Å². The zero-order valence-electron chi connectivity index (χ0n) is 14.1. The first kappa shape index (κ1) is 18.5. The van der Waals surface area contributed by atoms with Crippen LogP contribution in [0.25, 0.3) is 0 Å². The van der Waals surface area contributed by atoms with Crippen LogP contribution in [-0.4, -0.2) is 30.4 Å². The van der Waals surface area contributed by atoms with Crippen molar-refractivity contribution < 1.29 is 14.1 Å². The minimum Gasteiger partial charge on any atom is -0.302 e. The van der Waals surface area contributed by atoms with Gasteiger partial charge in [-0.25, -0.2) is 4.39 Å². The minimum atomic E-state index is -0.813. The van der Waals surface area contributed by atoms with Crippen molar-refractivity contribution in [1.29, 1.82) is 0 Å². The fourth-order valence-corrected chi connectivity index (χ4v) is 2.60. The first-order chi connectivity index (χ1) is 12.9. The van der Waals surface area contributed by atoms with E-state index in [9.17, 15) is 19.3 Å². The van der Waals surface area contributed by atoms with Crippen molar-refractivity contribution >= 4 is 29.0 Å². The van der Waals surface area contributed by atoms with Gasteiger partial charge in [0, 0.05) is 18.3 Å². The van der Waals surface area contributed by atoms with Crippen molar-refractivity contribution in [2.24, 2.45) is 0 Å². The number of hydrogen-bond acceptors (Lipinski definition) is 5. The van der Waals surface area contributed by atoms with Gasteiger partial charge in [0.2, 0.25) is 5.69 Å². The predicted octanol–water partition coefficient (Wildman–Crippen LogP) is 3.10. The molecule has 0 fully saturated rings. The molecule has 0 atom stereocenters. The molecule has 140 valence electrons. The lowest BCUT2D eigenvalue weighted by molar-refractivity contribution is -0.385. The first-order valence-corrected chi connectivity index (χ1v) is 8.26. The van der Waals surface area contributed by atoms with Crippen molar-refractivity contribution in [3.05, 3.63) is 68.9 Å². The van der Waals surface area contributed by atoms with Gasteiger partial charge < -0.3 is 5.32 Å². The molecule has 1 aromatic carbocycles. The van der Waals surface area contributed by atoms with Crippen LogP contribution >= 0.6 is 11.6 Å². The number of benzene rings is 1. The number of amides is 1. The summed E-state index contributed by atoms with van der Waals surface area (Å²) >= 11 is 6.07. The molecule has 9 nitrogen and oxygen atoms in total. The van der Waals surface area contributed by atoms with Crippen LogP contribution in [0.5, 0.6) is 0 Å². The van der Waals surface area contributed by atoms with Crippen molar-refractivity contribution in [2.45, 2.75) is 20.0 Å². The molecule has 0 bridgehead atoms. The normalized spacial score (nSPS) is 10.8. The Balaban J connectivity index is 1.81. The molecule has 2 heterocycles. The number of rotatable bonds is 6. The number of aromatic nitrogens is 4. The number of carbonyl (C=O) groups is 1. The molecule has 1 amide bonds. The van der Waals surface area contributed by atoms with Gasteiger partial charge in [-0.2, -0.15) is 10.2 Å². The van der Waals surface area contributed by atoms with Gasteiger partial charge >= 0.3 is 5.69 Å². The maximum atomic E-state index is 13.8. The van der Waals surface area contributed by atoms with E-state index in [1.807, 2.05) is 0 Å². The van der Waals surface area contributed by atoms with E-state index >= 15 is 0 Å². The zero-order valence-corrected chi connectivity index (χ0v) is 14.9. The number of carbonyl (C=O) groups excluding carboxylic acids is 1. The van der Waals surface area contributed by atoms with E-state index in [-0.39, 0.29) is 23.1 Å². The van der Waals surface area contributed by atoms with Gasteiger partial charge in [-0.3, -0.25) is 24.3 Å². The summed E-state index contributed by atoms with van der Waals surface area (Å²) in [5, 5.41) is 21.6. The second kappa shape index (κ2) is 7.54. The summed E-state index contributed by atoms with van der Waals surface area (Å²) in [5.41, 5.74) is -0.371. The smallest absolute Gasteiger partial charge is 0.302 e. The van der Waals surface area contributed by atoms with Crippen molar-refractivity contribution in [3.8, 4) is 0 Å². The summed E-state index contributed by atoms with van der Waals surface area (Å²) < 4.78 is 16.4. The van der Waals surface area contributed by atoms with Crippen LogP contribution in [0.1, 0.15) is 23.0 Å². The van der Waals surface area contributed by atoms with Crippen molar-refractivity contribution in [3.63, 3.8) is 0 Å². The summed E-state index contributed by atoms with van der Waals surface area (Å²) in [7, 11) is 0. The monoisotopic (exact) mass is 392 g/mol. The van der Waals surface area contributed by atoms with E-state index in [4.69, 9.17) is 11.6 Å². The Kier molecular flexibility index (Phi) is 5.17. The summed E-state index contributed by atoms with van der Waals surface area (Å²) in [6.07, 6.45) is 2.59. The second-order valence-electron chi connectivity index (χ2n) is 5.54. The highest BCUT2D eigenvalue weighted by Gasteiger charge is 2.26. The van der Waals surface area contributed by atoms with E-state index in [1.54, 1.807) is 25.1 Å². The Bertz CT molecular complexity index is 1020. The Hall–Kier alpha value is -3.27. The standard InChI is InChI=1S/C16H14ClFN6O3/c1-2-22-9-13(24(26)27)14(20-22)16(25)19-15-11(17)8-23(21-15)7-10-5-3-4-6-12(10)18/h3-6,8-9H,2,7H2,1H3,(H,19,21,25). The van der Waals surface area contributed by atoms with E-state index < -0.39 is 22.3 Å². The van der Waals surface area contributed by atoms with Crippen LogP contribution in [0.15, 0.2) is 36.7 Å². The molecule has 2 aromatic heterocycles. The molecule has 1 N–H and O–H groups in total. The van der Waals surface area contributed by atoms with Crippen LogP contribution in [0.4, 0.5) is 15.9 Å². The van der Waals surface area contributed by atoms with Gasteiger partial charge in [-0.15, -0.1) is 0 Å². The fourth-order valence-electron chi connectivity index (χ4n) is 2.40. The van der Waals surface area contributed by atoms with Crippen molar-refractivity contribution in [1.82, 2.24) is 19.6 Å². The summed E-state index contributed by atoms with van der Waals surface area (Å²) in [6.45, 7) is 2.21. The molecule has 0 aliphatic carbocycles. The molecule has 3 rings (SSSR count). The number of nitrogens with one attached hydrogen (secondary N) is 1. The second-order valence-corrected chi connectivity index (χ2v) is 5.95. The quantitative estimate of drug-likeness (QED) is 0.512. The molecular weight excluding hydrogens is 379 g/mol. The van der Waals surface area contributed by atoms with Gasteiger partial charge in [0.15, 0.2) is 5.82 Å². The highest BCUT2D eigenvalue weighted by Crippen LogP contribution is 2.23. The van der Waals surface area contributed by atoms with Crippen LogP contribution in [-0.2, 0) is 13.1 Å². The Morgan fingerprint density at radius 3 is 2.70 bits per heavy atom. The van der Waals surface area contributed by atoms with Crippen LogP contribution in [0, 0.1) is 15.9 Å². The third-order valence-corrected chi connectivity index (χ3v) is 3.99. The SMILES string of the molecule is CCn1cc([N+](=O)[O-])c(C(=O)Nc2nn(Cc3ccccc3F)cc2Cl)n1. The Morgan fingerprint density at radius 2 is 2.04 bits per heavy atom. The van der Waals surface area contributed by atoms with E-state index in [0.29, 0.717) is 12.1 Å². The third-order valence-electron chi connectivity index (χ3n) is 3.72. The molecule has 27 heavy (non-hydrogen) atoms. The molecule has 0 aliphatic heterocycles. The topological polar surface area (TPSA) is 108 Å². The molecule has 3 aromatic rings. The van der Waals surface area contributed by atoms with Gasteiger partial charge in [0.05, 0.1) is 11.5 Å². The van der Waals surface area contributed by atoms with Gasteiger partial charge in [-0.1, -0.05) is 29.8 Å². The van der Waals surface area contributed by atoms with Gasteiger partial charge in [-0.05, 0) is 13.0 Å². The molecule has 0 saturated carbocycles. The van der Waals surface area contributed by atoms with E-state index in [0.717, 1.165) is 0 Å². The molecule has 0 aliphatic rings. The lowest BCUT2D eigenvalue weighted by Gasteiger charge is -2.03. The largest absolute Gasteiger partial charge is 0.320 e. The maximum absolute atomic E-state index is 13.8. The molecular formula is C16H14ClFN6O3. The first-order valence-electron chi connectivity index (χ1n) is 7.88. The van der Waals surface area contributed by atoms with Crippen LogP contribution < -0.4 is 5.32 Å². The van der Waals surface area contributed by atoms with Crippen molar-refractivity contribution in [2.75, 3.05) is 5.32 Å². The number of nitro groups is 1. The van der Waals surface area contributed by atoms with Crippen LogP contribution in [0.2, 0.25) is 5.02 Å². The van der Waals surface area contributed by atoms with E-state index in [2.05, 4.69) is 15.5 Å². The molecule has 0 saturated heterocycles. The third kappa shape index (κ3) is 3.95. The molecule has 11 heteroatoms. The highest BCUT2D eigenvalue weighted by atomic mass is 35.5. The number of nitrogens with zero attached hydrogens (tertiary/aromatic N) is 5. The number of halogens is 2. The lowest BCUT2D eigenvalue weighted by atomic mass is 10.2. The molecule has 0 unspecified atom stereocenters.